The quantitative estimate of drug-likeness (QED) is 0.799. The van der Waals surface area contributed by atoms with Crippen molar-refractivity contribution in [2.24, 2.45) is 5.41 Å². The highest BCUT2D eigenvalue weighted by molar-refractivity contribution is 5.96. The molecule has 1 aromatic rings. The van der Waals surface area contributed by atoms with Crippen LogP contribution in [0.4, 0.5) is 5.69 Å². The van der Waals surface area contributed by atoms with Crippen LogP contribution < -0.4 is 10.6 Å². The second-order valence-corrected chi connectivity index (χ2v) is 7.84. The molecule has 138 valence electrons. The summed E-state index contributed by atoms with van der Waals surface area (Å²) in [6.07, 6.45) is 2.44. The van der Waals surface area contributed by atoms with E-state index in [-0.39, 0.29) is 18.4 Å². The highest BCUT2D eigenvalue weighted by atomic mass is 16.2. The molecule has 2 N–H and O–H groups in total. The zero-order valence-corrected chi connectivity index (χ0v) is 16.3. The van der Waals surface area contributed by atoms with Gasteiger partial charge in [-0.3, -0.25) is 14.5 Å². The van der Waals surface area contributed by atoms with Crippen LogP contribution in [0.15, 0.2) is 12.1 Å². The van der Waals surface area contributed by atoms with Gasteiger partial charge in [-0.05, 0) is 64.1 Å². The lowest BCUT2D eigenvalue weighted by Crippen LogP contribution is -2.44. The Kier molecular flexibility index (Phi) is 5.88. The van der Waals surface area contributed by atoms with E-state index in [0.717, 1.165) is 16.8 Å². The first kappa shape index (κ1) is 19.4. The summed E-state index contributed by atoms with van der Waals surface area (Å²) in [5.41, 5.74) is 4.40. The first-order chi connectivity index (χ1) is 11.6. The van der Waals surface area contributed by atoms with Gasteiger partial charge in [-0.1, -0.05) is 24.6 Å². The minimum atomic E-state index is -0.201. The van der Waals surface area contributed by atoms with Crippen molar-refractivity contribution in [3.63, 3.8) is 0 Å². The van der Waals surface area contributed by atoms with Crippen LogP contribution in [-0.4, -0.2) is 42.9 Å². The van der Waals surface area contributed by atoms with Gasteiger partial charge in [-0.15, -0.1) is 0 Å². The van der Waals surface area contributed by atoms with Crippen LogP contribution in [0.2, 0.25) is 0 Å². The molecule has 25 heavy (non-hydrogen) atoms. The fraction of sp³-hybridized carbons (Fsp3) is 0.600. The molecule has 1 aliphatic rings. The van der Waals surface area contributed by atoms with Gasteiger partial charge in [0.05, 0.1) is 13.1 Å². The molecule has 5 heteroatoms. The molecule has 0 aliphatic heterocycles. The molecule has 1 unspecified atom stereocenters. The van der Waals surface area contributed by atoms with E-state index in [1.807, 2.05) is 40.0 Å². The summed E-state index contributed by atoms with van der Waals surface area (Å²) >= 11 is 0. The molecule has 0 radical (unpaired) electrons. The number of nitrogens with one attached hydrogen (secondary N) is 2. The normalized spacial score (nSPS) is 16.4. The number of carbonyl (C=O) groups excluding carboxylic acids is 2. The van der Waals surface area contributed by atoms with Crippen molar-refractivity contribution in [3.05, 3.63) is 28.8 Å². The maximum atomic E-state index is 12.2. The molecule has 1 atom stereocenters. The van der Waals surface area contributed by atoms with Gasteiger partial charge in [0.25, 0.3) is 0 Å². The molecule has 2 rings (SSSR count). The zero-order valence-electron chi connectivity index (χ0n) is 16.3. The van der Waals surface area contributed by atoms with Crippen LogP contribution in [0.1, 0.15) is 43.4 Å². The first-order valence-corrected chi connectivity index (χ1v) is 8.97. The lowest BCUT2D eigenvalue weighted by Gasteiger charge is -2.29. The lowest BCUT2D eigenvalue weighted by molar-refractivity contribution is -0.125. The summed E-state index contributed by atoms with van der Waals surface area (Å²) in [4.78, 5) is 26.3. The Labute approximate surface area is 151 Å². The number of benzene rings is 1. The van der Waals surface area contributed by atoms with Crippen molar-refractivity contribution >= 4 is 17.5 Å². The largest absolute Gasteiger partial charge is 0.346 e. The number of hydrogen-bond acceptors (Lipinski definition) is 3. The molecular formula is C20H31N3O2. The monoisotopic (exact) mass is 345 g/mol. The second-order valence-electron chi connectivity index (χ2n) is 7.84. The average Bonchev–Trinajstić information content (AvgIpc) is 3.27. The maximum Gasteiger partial charge on any atom is 0.243 e. The Bertz CT molecular complexity index is 642. The summed E-state index contributed by atoms with van der Waals surface area (Å²) in [6, 6.07) is 4.44. The Morgan fingerprint density at radius 2 is 1.72 bits per heavy atom. The Morgan fingerprint density at radius 3 is 2.24 bits per heavy atom. The van der Waals surface area contributed by atoms with Crippen molar-refractivity contribution in [1.82, 2.24) is 10.2 Å². The van der Waals surface area contributed by atoms with Gasteiger partial charge in [0, 0.05) is 11.7 Å². The van der Waals surface area contributed by atoms with E-state index in [0.29, 0.717) is 18.0 Å². The van der Waals surface area contributed by atoms with E-state index in [4.69, 9.17) is 0 Å². The van der Waals surface area contributed by atoms with Crippen LogP contribution in [0.3, 0.4) is 0 Å². The first-order valence-electron chi connectivity index (χ1n) is 8.97. The number of carbonyl (C=O) groups is 2. The number of aryl methyl sites for hydroxylation is 3. The van der Waals surface area contributed by atoms with Gasteiger partial charge in [-0.2, -0.15) is 0 Å². The van der Waals surface area contributed by atoms with E-state index in [9.17, 15) is 9.59 Å². The summed E-state index contributed by atoms with van der Waals surface area (Å²) in [6.45, 7) is 10.7. The molecule has 0 spiro atoms. The Hall–Kier alpha value is -1.88. The van der Waals surface area contributed by atoms with Crippen molar-refractivity contribution in [2.45, 2.75) is 53.5 Å². The van der Waals surface area contributed by atoms with Crippen molar-refractivity contribution < 1.29 is 9.59 Å². The molecule has 0 heterocycles. The van der Waals surface area contributed by atoms with Crippen LogP contribution in [-0.2, 0) is 9.59 Å². The van der Waals surface area contributed by atoms with Crippen LogP contribution >= 0.6 is 0 Å². The minimum Gasteiger partial charge on any atom is -0.346 e. The van der Waals surface area contributed by atoms with Gasteiger partial charge in [0.2, 0.25) is 11.8 Å². The van der Waals surface area contributed by atoms with Gasteiger partial charge >= 0.3 is 0 Å². The second kappa shape index (κ2) is 7.56. The SMILES string of the molecule is Cc1cc(C)c(NC(=O)CNC(=O)CN(C)C(C)C2(C)CC2)c(C)c1. The van der Waals surface area contributed by atoms with Crippen molar-refractivity contribution in [1.29, 1.82) is 0 Å². The highest BCUT2D eigenvalue weighted by Crippen LogP contribution is 2.49. The minimum absolute atomic E-state index is 0.00885. The number of hydrogen-bond donors (Lipinski definition) is 2. The summed E-state index contributed by atoms with van der Waals surface area (Å²) < 4.78 is 0. The van der Waals surface area contributed by atoms with E-state index in [1.54, 1.807) is 0 Å². The van der Waals surface area contributed by atoms with E-state index < -0.39 is 0 Å². The van der Waals surface area contributed by atoms with Crippen molar-refractivity contribution in [2.75, 3.05) is 25.5 Å². The molecule has 0 saturated heterocycles. The Morgan fingerprint density at radius 1 is 1.16 bits per heavy atom. The van der Waals surface area contributed by atoms with Crippen LogP contribution in [0.5, 0.6) is 0 Å². The van der Waals surface area contributed by atoms with Gasteiger partial charge in [0.1, 0.15) is 0 Å². The maximum absolute atomic E-state index is 12.2. The molecule has 1 aromatic carbocycles. The third-order valence-corrected chi connectivity index (χ3v) is 5.49. The number of amides is 2. The smallest absolute Gasteiger partial charge is 0.243 e. The van der Waals surface area contributed by atoms with E-state index >= 15 is 0 Å². The highest BCUT2D eigenvalue weighted by Gasteiger charge is 2.44. The topological polar surface area (TPSA) is 61.4 Å². The number of rotatable bonds is 7. The molecule has 2 amide bonds. The third-order valence-electron chi connectivity index (χ3n) is 5.49. The predicted octanol–water partition coefficient (Wildman–Crippen LogP) is 2.79. The molecule has 5 nitrogen and oxygen atoms in total. The Balaban J connectivity index is 1.81. The molecular weight excluding hydrogens is 314 g/mol. The van der Waals surface area contributed by atoms with Gasteiger partial charge in [-0.25, -0.2) is 0 Å². The number of anilines is 1. The van der Waals surface area contributed by atoms with Crippen molar-refractivity contribution in [3.8, 4) is 0 Å². The summed E-state index contributed by atoms with van der Waals surface area (Å²) in [5, 5.41) is 5.62. The van der Waals surface area contributed by atoms with Crippen LogP contribution in [0, 0.1) is 26.2 Å². The third kappa shape index (κ3) is 5.05. The summed E-state index contributed by atoms with van der Waals surface area (Å²) in [5.74, 6) is -0.320. The molecule has 0 bridgehead atoms. The fourth-order valence-corrected chi connectivity index (χ4v) is 3.31. The van der Waals surface area contributed by atoms with Gasteiger partial charge in [0.15, 0.2) is 0 Å². The molecule has 1 fully saturated rings. The lowest BCUT2D eigenvalue weighted by atomic mass is 10.00. The molecule has 0 aromatic heterocycles. The van der Waals surface area contributed by atoms with E-state index in [1.165, 1.54) is 18.4 Å². The molecule has 1 saturated carbocycles. The van der Waals surface area contributed by atoms with Gasteiger partial charge < -0.3 is 10.6 Å². The predicted molar refractivity (Wildman–Crippen MR) is 102 cm³/mol. The molecule has 1 aliphatic carbocycles. The zero-order chi connectivity index (χ0) is 18.8. The standard InChI is InChI=1S/C20H31N3O2/c1-13-9-14(2)19(15(3)10-13)22-17(24)11-21-18(25)12-23(6)16(4)20(5)7-8-20/h9-10,16H,7-8,11-12H2,1-6H3,(H,21,25)(H,22,24). The fourth-order valence-electron chi connectivity index (χ4n) is 3.31. The summed E-state index contributed by atoms with van der Waals surface area (Å²) in [7, 11) is 1.97. The van der Waals surface area contributed by atoms with E-state index in [2.05, 4.69) is 29.4 Å². The van der Waals surface area contributed by atoms with Crippen LogP contribution in [0.25, 0.3) is 0 Å². The number of nitrogens with zero attached hydrogens (tertiary/aromatic N) is 1. The average molecular weight is 345 g/mol. The number of likely N-dealkylation sites (N-methyl/N-ethyl adjacent to an activating group) is 1.